The van der Waals surface area contributed by atoms with Crippen LogP contribution in [0.2, 0.25) is 0 Å². The van der Waals surface area contributed by atoms with Gasteiger partial charge in [-0.05, 0) is 0 Å². The lowest BCUT2D eigenvalue weighted by Crippen LogP contribution is -2.54. The minimum absolute atomic E-state index is 0.647. The fourth-order valence-electron chi connectivity index (χ4n) is 0.603. The summed E-state index contributed by atoms with van der Waals surface area (Å²) in [6.07, 6.45) is 0. The molecule has 0 aromatic carbocycles. The van der Waals surface area contributed by atoms with E-state index in [9.17, 15) is 17.2 Å². The predicted molar refractivity (Wildman–Crippen MR) is 26.8 cm³/mol. The van der Waals surface area contributed by atoms with E-state index in [0.717, 1.165) is 0 Å². The normalized spacial score (nSPS) is 26.1. The smallest absolute Gasteiger partial charge is 0.215 e. The molecule has 0 atom stereocenters. The molecule has 0 radical (unpaired) electrons. The van der Waals surface area contributed by atoms with Crippen LogP contribution in [0.15, 0.2) is 0 Å². The number of alkyl halides is 2. The molecule has 0 aliphatic carbocycles. The monoisotopic (exact) mass is 157 g/mol. The van der Waals surface area contributed by atoms with Crippen LogP contribution in [0.5, 0.6) is 0 Å². The van der Waals surface area contributed by atoms with Crippen LogP contribution in [-0.2, 0) is 10.9 Å². The summed E-state index contributed by atoms with van der Waals surface area (Å²) < 4.78 is 44.2. The molecule has 1 saturated heterocycles. The first kappa shape index (κ1) is 6.88. The summed E-state index contributed by atoms with van der Waals surface area (Å²) in [5, 5.41) is 0. The van der Waals surface area contributed by atoms with Gasteiger partial charge in [-0.25, -0.2) is 17.2 Å². The summed E-state index contributed by atoms with van der Waals surface area (Å²) in [7, 11) is -2.78. The summed E-state index contributed by atoms with van der Waals surface area (Å²) in [6.45, 7) is -1.29. The Kier molecular flexibility index (Phi) is 1.44. The van der Waals surface area contributed by atoms with Gasteiger partial charge in [0.2, 0.25) is 10.9 Å². The zero-order chi connectivity index (χ0) is 7.07. The van der Waals surface area contributed by atoms with Crippen molar-refractivity contribution in [3.63, 3.8) is 0 Å². The van der Waals surface area contributed by atoms with Crippen LogP contribution in [0.25, 0.3) is 0 Å². The molecular formula is C3H5F2NO2S. The highest BCUT2D eigenvalue weighted by Gasteiger charge is 2.45. The van der Waals surface area contributed by atoms with Crippen LogP contribution in [0.1, 0.15) is 0 Å². The SMILES string of the molecule is O=[SH](=O)N1CC(F)(F)C1. The van der Waals surface area contributed by atoms with Crippen LogP contribution in [0.4, 0.5) is 8.78 Å². The Morgan fingerprint density at radius 3 is 1.89 bits per heavy atom. The quantitative estimate of drug-likeness (QED) is 0.519. The summed E-state index contributed by atoms with van der Waals surface area (Å²) >= 11 is 0. The van der Waals surface area contributed by atoms with E-state index >= 15 is 0 Å². The lowest BCUT2D eigenvalue weighted by molar-refractivity contribution is -0.0930. The van der Waals surface area contributed by atoms with E-state index < -0.39 is 29.9 Å². The molecule has 0 N–H and O–H groups in total. The molecule has 1 aliphatic heterocycles. The van der Waals surface area contributed by atoms with Crippen LogP contribution >= 0.6 is 0 Å². The third-order valence-electron chi connectivity index (χ3n) is 1.06. The Bertz CT molecular complexity index is 174. The van der Waals surface area contributed by atoms with E-state index in [4.69, 9.17) is 0 Å². The van der Waals surface area contributed by atoms with Gasteiger partial charge in [-0.3, -0.25) is 0 Å². The molecule has 1 heterocycles. The molecule has 0 bridgehead atoms. The van der Waals surface area contributed by atoms with Crippen molar-refractivity contribution in [2.45, 2.75) is 5.92 Å². The van der Waals surface area contributed by atoms with Gasteiger partial charge in [0.1, 0.15) is 0 Å². The third kappa shape index (κ3) is 1.36. The molecular weight excluding hydrogens is 152 g/mol. The van der Waals surface area contributed by atoms with E-state index in [-0.39, 0.29) is 0 Å². The number of hydrogen-bond acceptors (Lipinski definition) is 2. The number of hydrogen-bond donors (Lipinski definition) is 1. The Balaban J connectivity index is 2.44. The molecule has 0 spiro atoms. The van der Waals surface area contributed by atoms with Gasteiger partial charge in [-0.1, -0.05) is 0 Å². The topological polar surface area (TPSA) is 37.4 Å². The predicted octanol–water partition coefficient (Wildman–Crippen LogP) is -0.536. The van der Waals surface area contributed by atoms with E-state index in [1.807, 2.05) is 0 Å². The van der Waals surface area contributed by atoms with Gasteiger partial charge in [-0.15, -0.1) is 0 Å². The number of thiol groups is 1. The van der Waals surface area contributed by atoms with Gasteiger partial charge in [-0.2, -0.15) is 4.31 Å². The average Bonchev–Trinajstić information content (AvgIpc) is 1.59. The Morgan fingerprint density at radius 2 is 1.78 bits per heavy atom. The van der Waals surface area contributed by atoms with Crippen molar-refractivity contribution in [2.75, 3.05) is 13.1 Å². The second kappa shape index (κ2) is 1.88. The Labute approximate surface area is 52.3 Å². The van der Waals surface area contributed by atoms with E-state index in [1.54, 1.807) is 0 Å². The molecule has 1 aliphatic rings. The molecule has 1 rings (SSSR count). The Hall–Kier alpha value is -0.230. The van der Waals surface area contributed by atoms with Crippen molar-refractivity contribution < 1.29 is 17.2 Å². The highest BCUT2D eigenvalue weighted by molar-refractivity contribution is 7.69. The van der Waals surface area contributed by atoms with Gasteiger partial charge in [0, 0.05) is 0 Å². The highest BCUT2D eigenvalue weighted by atomic mass is 32.2. The van der Waals surface area contributed by atoms with Crippen molar-refractivity contribution in [1.82, 2.24) is 4.31 Å². The lowest BCUT2D eigenvalue weighted by atomic mass is 10.2. The van der Waals surface area contributed by atoms with Gasteiger partial charge in [0.15, 0.2) is 0 Å². The maximum atomic E-state index is 11.8. The number of halogens is 2. The first-order valence-electron chi connectivity index (χ1n) is 2.28. The lowest BCUT2D eigenvalue weighted by Gasteiger charge is -2.33. The van der Waals surface area contributed by atoms with Crippen molar-refractivity contribution in [2.24, 2.45) is 0 Å². The third-order valence-corrected chi connectivity index (χ3v) is 1.80. The number of nitrogens with zero attached hydrogens (tertiary/aromatic N) is 1. The van der Waals surface area contributed by atoms with Gasteiger partial charge >= 0.3 is 0 Å². The summed E-state index contributed by atoms with van der Waals surface area (Å²) in [5.74, 6) is -2.78. The minimum Gasteiger partial charge on any atom is -0.215 e. The maximum absolute atomic E-state index is 11.8. The van der Waals surface area contributed by atoms with Crippen molar-refractivity contribution in [1.29, 1.82) is 0 Å². The fourth-order valence-corrected chi connectivity index (χ4v) is 1.25. The summed E-state index contributed by atoms with van der Waals surface area (Å²) in [5.41, 5.74) is 0. The van der Waals surface area contributed by atoms with Gasteiger partial charge in [0.05, 0.1) is 13.1 Å². The summed E-state index contributed by atoms with van der Waals surface area (Å²) in [4.78, 5) is 0. The van der Waals surface area contributed by atoms with E-state index in [1.165, 1.54) is 0 Å². The second-order valence-electron chi connectivity index (χ2n) is 1.92. The van der Waals surface area contributed by atoms with E-state index in [2.05, 4.69) is 0 Å². The van der Waals surface area contributed by atoms with Crippen LogP contribution in [0, 0.1) is 0 Å². The van der Waals surface area contributed by atoms with Crippen molar-refractivity contribution in [3.05, 3.63) is 0 Å². The first-order chi connectivity index (χ1) is 4.01. The molecule has 3 nitrogen and oxygen atoms in total. The minimum atomic E-state index is -2.78. The standard InChI is InChI=1S/C3H5F2NO2S/c4-3(5)1-6(2-3)9(7)8/h9H,1-2H2. The Morgan fingerprint density at radius 1 is 1.33 bits per heavy atom. The fraction of sp³-hybridized carbons (Fsp3) is 1.00. The number of rotatable bonds is 1. The zero-order valence-electron chi connectivity index (χ0n) is 4.38. The van der Waals surface area contributed by atoms with Crippen molar-refractivity contribution in [3.8, 4) is 0 Å². The molecule has 0 aromatic heterocycles. The maximum Gasteiger partial charge on any atom is 0.275 e. The molecule has 1 fully saturated rings. The highest BCUT2D eigenvalue weighted by Crippen LogP contribution is 2.25. The first-order valence-corrected chi connectivity index (χ1v) is 3.41. The molecule has 6 heteroatoms. The average molecular weight is 157 g/mol. The van der Waals surface area contributed by atoms with Crippen molar-refractivity contribution >= 4 is 10.9 Å². The van der Waals surface area contributed by atoms with E-state index in [0.29, 0.717) is 4.31 Å². The summed E-state index contributed by atoms with van der Waals surface area (Å²) in [6, 6.07) is 0. The van der Waals surface area contributed by atoms with Crippen LogP contribution in [-0.4, -0.2) is 31.7 Å². The van der Waals surface area contributed by atoms with Gasteiger partial charge in [0.25, 0.3) is 5.92 Å². The molecule has 0 aromatic rings. The molecule has 0 saturated carbocycles. The second-order valence-corrected chi connectivity index (χ2v) is 2.96. The molecule has 0 amide bonds. The van der Waals surface area contributed by atoms with Crippen LogP contribution in [0.3, 0.4) is 0 Å². The molecule has 0 unspecified atom stereocenters. The molecule has 9 heavy (non-hydrogen) atoms. The van der Waals surface area contributed by atoms with Crippen LogP contribution < -0.4 is 0 Å². The van der Waals surface area contributed by atoms with Gasteiger partial charge < -0.3 is 0 Å². The largest absolute Gasteiger partial charge is 0.275 e. The zero-order valence-corrected chi connectivity index (χ0v) is 5.28. The molecule has 54 valence electrons.